The van der Waals surface area contributed by atoms with Gasteiger partial charge in [-0.1, -0.05) is 6.92 Å². The second-order valence-electron chi connectivity index (χ2n) is 2.05. The first kappa shape index (κ1) is 12.4. The predicted octanol–water partition coefficient (Wildman–Crippen LogP) is -0.534. The van der Waals surface area contributed by atoms with Crippen LogP contribution in [0, 0.1) is 5.92 Å². The van der Waals surface area contributed by atoms with Crippen LogP contribution in [0.3, 0.4) is 0 Å². The van der Waals surface area contributed by atoms with E-state index in [0.29, 0.717) is 6.54 Å². The van der Waals surface area contributed by atoms with Gasteiger partial charge < -0.3 is 16.6 Å². The number of hydrogen-bond acceptors (Lipinski definition) is 2. The largest absolute Gasteiger partial charge is 0.396 e. The van der Waals surface area contributed by atoms with Crippen molar-refractivity contribution in [2.45, 2.75) is 6.92 Å². The average Bonchev–Trinajstić information content (AvgIpc) is 1.83. The fourth-order valence-electron chi connectivity index (χ4n) is 0.319. The molecule has 5 N–H and O–H groups in total. The molecular formula is C5H14BrN3O. The molecule has 0 aliphatic carbocycles. The predicted molar refractivity (Wildman–Crippen MR) is 47.2 cm³/mol. The highest BCUT2D eigenvalue weighted by Crippen LogP contribution is 1.90. The highest BCUT2D eigenvalue weighted by Gasteiger charge is 1.95. The molecule has 0 amide bonds. The molecule has 62 valence electrons. The summed E-state index contributed by atoms with van der Waals surface area (Å²) in [5.74, 6) is 0.224. The van der Waals surface area contributed by atoms with Gasteiger partial charge in [-0.15, -0.1) is 17.0 Å². The van der Waals surface area contributed by atoms with Gasteiger partial charge in [-0.25, -0.2) is 0 Å². The fourth-order valence-corrected chi connectivity index (χ4v) is 0.319. The fraction of sp³-hybridized carbons (Fsp3) is 0.800. The molecule has 0 aliphatic heterocycles. The lowest BCUT2D eigenvalue weighted by Crippen LogP contribution is -2.24. The molecule has 10 heavy (non-hydrogen) atoms. The van der Waals surface area contributed by atoms with Crippen LogP contribution in [-0.4, -0.2) is 24.2 Å². The first-order valence-corrected chi connectivity index (χ1v) is 2.83. The van der Waals surface area contributed by atoms with Crippen LogP contribution in [-0.2, 0) is 0 Å². The molecule has 4 nitrogen and oxygen atoms in total. The van der Waals surface area contributed by atoms with Crippen LogP contribution >= 0.6 is 17.0 Å². The molecule has 0 aliphatic rings. The Morgan fingerprint density at radius 2 is 2.10 bits per heavy atom. The maximum atomic E-state index is 8.50. The van der Waals surface area contributed by atoms with Gasteiger partial charge in [0.1, 0.15) is 0 Å². The van der Waals surface area contributed by atoms with E-state index in [1.807, 2.05) is 6.92 Å². The van der Waals surface area contributed by atoms with E-state index >= 15 is 0 Å². The first-order chi connectivity index (χ1) is 4.16. The van der Waals surface area contributed by atoms with Gasteiger partial charge in [-0.3, -0.25) is 4.99 Å². The van der Waals surface area contributed by atoms with E-state index in [-0.39, 0.29) is 35.5 Å². The Kier molecular flexibility index (Phi) is 8.46. The van der Waals surface area contributed by atoms with Crippen molar-refractivity contribution in [3.8, 4) is 0 Å². The molecule has 0 radical (unpaired) electrons. The summed E-state index contributed by atoms with van der Waals surface area (Å²) in [6.07, 6.45) is 0. The molecule has 0 unspecified atom stereocenters. The number of guanidine groups is 1. The number of aliphatic hydroxyl groups is 1. The standard InChI is InChI=1S/C5H13N3O.BrH/c1-4(3-9)2-8-5(6)7;/h4,9H,2-3H2,1H3,(H4,6,7,8);1H/t4-;/m0./s1. The molecule has 0 aromatic heterocycles. The van der Waals surface area contributed by atoms with Crippen molar-refractivity contribution < 1.29 is 5.11 Å². The van der Waals surface area contributed by atoms with E-state index in [4.69, 9.17) is 16.6 Å². The van der Waals surface area contributed by atoms with E-state index < -0.39 is 0 Å². The summed E-state index contributed by atoms with van der Waals surface area (Å²) < 4.78 is 0. The maximum Gasteiger partial charge on any atom is 0.185 e. The second-order valence-corrected chi connectivity index (χ2v) is 2.05. The Hall–Kier alpha value is -0.290. The van der Waals surface area contributed by atoms with Crippen LogP contribution in [0.4, 0.5) is 0 Å². The highest BCUT2D eigenvalue weighted by molar-refractivity contribution is 8.93. The number of nitrogens with zero attached hydrogens (tertiary/aromatic N) is 1. The molecule has 5 heteroatoms. The Bertz CT molecular complexity index is 103. The Balaban J connectivity index is 0. The van der Waals surface area contributed by atoms with E-state index in [1.54, 1.807) is 0 Å². The summed E-state index contributed by atoms with van der Waals surface area (Å²) in [7, 11) is 0. The molecule has 0 saturated heterocycles. The van der Waals surface area contributed by atoms with Gasteiger partial charge in [-0.2, -0.15) is 0 Å². The molecule has 1 atom stereocenters. The summed E-state index contributed by atoms with van der Waals surface area (Å²) in [5.41, 5.74) is 10.1. The first-order valence-electron chi connectivity index (χ1n) is 2.83. The number of halogens is 1. The molecule has 0 aromatic rings. The van der Waals surface area contributed by atoms with Gasteiger partial charge in [-0.05, 0) is 5.92 Å². The van der Waals surface area contributed by atoms with Crippen LogP contribution in [0.25, 0.3) is 0 Å². The van der Waals surface area contributed by atoms with Crippen LogP contribution in [0.15, 0.2) is 4.99 Å². The molecular weight excluding hydrogens is 198 g/mol. The zero-order chi connectivity index (χ0) is 7.28. The quantitative estimate of drug-likeness (QED) is 0.434. The smallest absolute Gasteiger partial charge is 0.185 e. The third kappa shape index (κ3) is 7.71. The highest BCUT2D eigenvalue weighted by atomic mass is 79.9. The van der Waals surface area contributed by atoms with Crippen LogP contribution in [0.2, 0.25) is 0 Å². The molecule has 0 rings (SSSR count). The molecule has 0 aromatic carbocycles. The van der Waals surface area contributed by atoms with E-state index in [1.165, 1.54) is 0 Å². The minimum Gasteiger partial charge on any atom is -0.396 e. The average molecular weight is 212 g/mol. The minimum atomic E-state index is 0. The van der Waals surface area contributed by atoms with Gasteiger partial charge in [0, 0.05) is 13.2 Å². The zero-order valence-corrected chi connectivity index (χ0v) is 7.66. The summed E-state index contributed by atoms with van der Waals surface area (Å²) in [6.45, 7) is 2.49. The third-order valence-electron chi connectivity index (χ3n) is 0.897. The van der Waals surface area contributed by atoms with Crippen molar-refractivity contribution in [3.05, 3.63) is 0 Å². The van der Waals surface area contributed by atoms with Gasteiger partial charge >= 0.3 is 0 Å². The summed E-state index contributed by atoms with van der Waals surface area (Å²) in [6, 6.07) is 0. The number of nitrogens with two attached hydrogens (primary N) is 2. The molecule has 0 saturated carbocycles. The normalized spacial score (nSPS) is 11.4. The minimum absolute atomic E-state index is 0. The van der Waals surface area contributed by atoms with Crippen molar-refractivity contribution in [2.75, 3.05) is 13.2 Å². The van der Waals surface area contributed by atoms with E-state index in [0.717, 1.165) is 0 Å². The Morgan fingerprint density at radius 1 is 1.60 bits per heavy atom. The van der Waals surface area contributed by atoms with Crippen LogP contribution in [0.1, 0.15) is 6.92 Å². The third-order valence-corrected chi connectivity index (χ3v) is 0.897. The van der Waals surface area contributed by atoms with Crippen molar-refractivity contribution in [3.63, 3.8) is 0 Å². The number of rotatable bonds is 3. The maximum absolute atomic E-state index is 8.50. The van der Waals surface area contributed by atoms with Crippen LogP contribution in [0.5, 0.6) is 0 Å². The van der Waals surface area contributed by atoms with Crippen molar-refractivity contribution >= 4 is 22.9 Å². The zero-order valence-electron chi connectivity index (χ0n) is 5.95. The Labute approximate surface area is 71.1 Å². The summed E-state index contributed by atoms with van der Waals surface area (Å²) in [4.78, 5) is 3.71. The Morgan fingerprint density at radius 3 is 2.40 bits per heavy atom. The van der Waals surface area contributed by atoms with Crippen molar-refractivity contribution in [2.24, 2.45) is 22.4 Å². The molecule has 0 spiro atoms. The van der Waals surface area contributed by atoms with E-state index in [9.17, 15) is 0 Å². The summed E-state index contributed by atoms with van der Waals surface area (Å²) in [5, 5.41) is 8.50. The lowest BCUT2D eigenvalue weighted by Gasteiger charge is -2.01. The molecule has 0 bridgehead atoms. The lowest BCUT2D eigenvalue weighted by molar-refractivity contribution is 0.242. The van der Waals surface area contributed by atoms with Crippen molar-refractivity contribution in [1.29, 1.82) is 0 Å². The van der Waals surface area contributed by atoms with Gasteiger partial charge in [0.05, 0.1) is 0 Å². The second kappa shape index (κ2) is 6.82. The topological polar surface area (TPSA) is 84.6 Å². The van der Waals surface area contributed by atoms with Gasteiger partial charge in [0.2, 0.25) is 0 Å². The van der Waals surface area contributed by atoms with Crippen LogP contribution < -0.4 is 11.5 Å². The van der Waals surface area contributed by atoms with Crippen molar-refractivity contribution in [1.82, 2.24) is 0 Å². The number of hydrogen-bond donors (Lipinski definition) is 3. The number of aliphatic imine (C=N–C) groups is 1. The summed E-state index contributed by atoms with van der Waals surface area (Å²) >= 11 is 0. The lowest BCUT2D eigenvalue weighted by atomic mass is 10.2. The SMILES string of the molecule is Br.C[C@H](CO)CN=C(N)N. The monoisotopic (exact) mass is 211 g/mol. The number of aliphatic hydroxyl groups excluding tert-OH is 1. The van der Waals surface area contributed by atoms with Gasteiger partial charge in [0.15, 0.2) is 5.96 Å². The molecule has 0 fully saturated rings. The van der Waals surface area contributed by atoms with E-state index in [2.05, 4.69) is 4.99 Å². The molecule has 0 heterocycles. The van der Waals surface area contributed by atoms with Gasteiger partial charge in [0.25, 0.3) is 0 Å².